The molecule has 1 aliphatic rings. The number of ether oxygens (including phenoxy) is 2. The van der Waals surface area contributed by atoms with Crippen molar-refractivity contribution in [3.63, 3.8) is 0 Å². The fraction of sp³-hybridized carbons (Fsp3) is 1.00. The summed E-state index contributed by atoms with van der Waals surface area (Å²) in [7, 11) is 1.75. The Morgan fingerprint density at radius 3 is 2.50 bits per heavy atom. The predicted octanol–water partition coefficient (Wildman–Crippen LogP) is 2.85. The molecule has 1 rings (SSSR count). The van der Waals surface area contributed by atoms with Crippen LogP contribution in [-0.2, 0) is 9.47 Å². The normalized spacial score (nSPS) is 18.0. The van der Waals surface area contributed by atoms with Gasteiger partial charge >= 0.3 is 0 Å². The van der Waals surface area contributed by atoms with E-state index in [1.165, 1.54) is 32.1 Å². The third-order valence-electron chi connectivity index (χ3n) is 4.01. The highest BCUT2D eigenvalue weighted by atomic mass is 16.5. The lowest BCUT2D eigenvalue weighted by molar-refractivity contribution is 0.0450. The monoisotopic (exact) mass is 257 g/mol. The van der Waals surface area contributed by atoms with Gasteiger partial charge in [0.05, 0.1) is 6.61 Å². The van der Waals surface area contributed by atoms with E-state index in [4.69, 9.17) is 9.47 Å². The van der Waals surface area contributed by atoms with Crippen molar-refractivity contribution < 1.29 is 9.47 Å². The van der Waals surface area contributed by atoms with Crippen LogP contribution in [0.3, 0.4) is 0 Å². The Hall–Kier alpha value is -0.120. The summed E-state index contributed by atoms with van der Waals surface area (Å²) in [6.45, 7) is 9.24. The molecule has 0 spiro atoms. The summed E-state index contributed by atoms with van der Waals surface area (Å²) in [6.07, 6.45) is 6.50. The molecule has 1 saturated carbocycles. The second-order valence-corrected chi connectivity index (χ2v) is 6.07. The lowest BCUT2D eigenvalue weighted by atomic mass is 9.67. The van der Waals surface area contributed by atoms with Gasteiger partial charge in [0.15, 0.2) is 0 Å². The molecule has 1 N–H and O–H groups in total. The van der Waals surface area contributed by atoms with Crippen molar-refractivity contribution in [3.05, 3.63) is 0 Å². The van der Waals surface area contributed by atoms with Crippen LogP contribution >= 0.6 is 0 Å². The van der Waals surface area contributed by atoms with Crippen molar-refractivity contribution in [2.24, 2.45) is 11.3 Å². The molecule has 0 heterocycles. The molecule has 108 valence electrons. The lowest BCUT2D eigenvalue weighted by Crippen LogP contribution is -2.41. The van der Waals surface area contributed by atoms with Crippen molar-refractivity contribution in [1.29, 1.82) is 0 Å². The van der Waals surface area contributed by atoms with E-state index in [2.05, 4.69) is 19.2 Å². The maximum absolute atomic E-state index is 5.75. The minimum Gasteiger partial charge on any atom is -0.383 e. The van der Waals surface area contributed by atoms with E-state index in [0.29, 0.717) is 5.41 Å². The lowest BCUT2D eigenvalue weighted by Gasteiger charge is -2.42. The Bertz CT molecular complexity index is 203. The third kappa shape index (κ3) is 6.17. The molecule has 0 saturated heterocycles. The molecule has 3 heteroatoms. The number of nitrogens with one attached hydrogen (secondary N) is 1. The second kappa shape index (κ2) is 8.89. The van der Waals surface area contributed by atoms with E-state index in [1.807, 2.05) is 0 Å². The van der Waals surface area contributed by atoms with Gasteiger partial charge in [0.1, 0.15) is 0 Å². The van der Waals surface area contributed by atoms with Gasteiger partial charge in [-0.25, -0.2) is 0 Å². The smallest absolute Gasteiger partial charge is 0.0587 e. The van der Waals surface area contributed by atoms with Crippen LogP contribution in [0.2, 0.25) is 0 Å². The highest BCUT2D eigenvalue weighted by Gasteiger charge is 2.35. The molecular formula is C15H31NO2. The average Bonchev–Trinajstić information content (AvgIpc) is 2.29. The van der Waals surface area contributed by atoms with Crippen LogP contribution in [0.4, 0.5) is 0 Å². The zero-order valence-corrected chi connectivity index (χ0v) is 12.5. The molecule has 0 unspecified atom stereocenters. The summed E-state index contributed by atoms with van der Waals surface area (Å²) >= 11 is 0. The first-order valence-electron chi connectivity index (χ1n) is 7.46. The van der Waals surface area contributed by atoms with Crippen molar-refractivity contribution >= 4 is 0 Å². The van der Waals surface area contributed by atoms with Crippen molar-refractivity contribution in [2.75, 3.05) is 40.0 Å². The first-order valence-corrected chi connectivity index (χ1v) is 7.46. The maximum Gasteiger partial charge on any atom is 0.0587 e. The average molecular weight is 257 g/mol. The molecule has 0 aromatic rings. The fourth-order valence-corrected chi connectivity index (χ4v) is 2.43. The van der Waals surface area contributed by atoms with Crippen molar-refractivity contribution in [3.8, 4) is 0 Å². The molecule has 0 radical (unpaired) electrons. The zero-order valence-electron chi connectivity index (χ0n) is 12.5. The Kier molecular flexibility index (Phi) is 7.87. The topological polar surface area (TPSA) is 30.5 Å². The van der Waals surface area contributed by atoms with E-state index in [-0.39, 0.29) is 0 Å². The van der Waals surface area contributed by atoms with E-state index in [9.17, 15) is 0 Å². The minimum atomic E-state index is 0.519. The van der Waals surface area contributed by atoms with Gasteiger partial charge in [-0.05, 0) is 37.0 Å². The van der Waals surface area contributed by atoms with Gasteiger partial charge in [0.2, 0.25) is 0 Å². The standard InChI is InChI=1S/C15H31NO2/c1-14(2)5-10-18-11-8-15(6-4-7-15)13-16-9-12-17-3/h14,16H,4-13H2,1-3H3. The highest BCUT2D eigenvalue weighted by Crippen LogP contribution is 2.43. The predicted molar refractivity (Wildman–Crippen MR) is 75.9 cm³/mol. The van der Waals surface area contributed by atoms with Crippen molar-refractivity contribution in [1.82, 2.24) is 5.32 Å². The molecule has 0 aromatic carbocycles. The Morgan fingerprint density at radius 2 is 1.94 bits per heavy atom. The van der Waals surface area contributed by atoms with Crippen LogP contribution < -0.4 is 5.32 Å². The molecule has 0 amide bonds. The van der Waals surface area contributed by atoms with Crippen molar-refractivity contribution in [2.45, 2.75) is 46.0 Å². The fourth-order valence-electron chi connectivity index (χ4n) is 2.43. The summed E-state index contributed by atoms with van der Waals surface area (Å²) in [5.74, 6) is 0.748. The van der Waals surface area contributed by atoms with Gasteiger partial charge in [-0.2, -0.15) is 0 Å². The van der Waals surface area contributed by atoms with E-state index < -0.39 is 0 Å². The summed E-state index contributed by atoms with van der Waals surface area (Å²) in [5.41, 5.74) is 0.519. The van der Waals surface area contributed by atoms with Gasteiger partial charge in [-0.1, -0.05) is 20.3 Å². The minimum absolute atomic E-state index is 0.519. The van der Waals surface area contributed by atoms with Gasteiger partial charge in [0.25, 0.3) is 0 Å². The van der Waals surface area contributed by atoms with Crippen LogP contribution in [0, 0.1) is 11.3 Å². The van der Waals surface area contributed by atoms with Gasteiger partial charge in [0, 0.05) is 33.4 Å². The molecule has 0 atom stereocenters. The Balaban J connectivity index is 2.04. The summed E-state index contributed by atoms with van der Waals surface area (Å²) in [6, 6.07) is 0. The molecule has 0 aromatic heterocycles. The van der Waals surface area contributed by atoms with Crippen LogP contribution in [0.5, 0.6) is 0 Å². The second-order valence-electron chi connectivity index (χ2n) is 6.07. The van der Waals surface area contributed by atoms with Crippen LogP contribution in [0.15, 0.2) is 0 Å². The Labute approximate surface area is 113 Å². The quantitative estimate of drug-likeness (QED) is 0.577. The zero-order chi connectivity index (χ0) is 13.3. The van der Waals surface area contributed by atoms with Crippen LogP contribution in [0.25, 0.3) is 0 Å². The Morgan fingerprint density at radius 1 is 1.17 bits per heavy atom. The van der Waals surface area contributed by atoms with Crippen LogP contribution in [-0.4, -0.2) is 40.0 Å². The summed E-state index contributed by atoms with van der Waals surface area (Å²) in [4.78, 5) is 0. The maximum atomic E-state index is 5.75. The van der Waals surface area contributed by atoms with E-state index in [1.54, 1.807) is 7.11 Å². The number of hydrogen-bond donors (Lipinski definition) is 1. The molecule has 1 aliphatic carbocycles. The number of methoxy groups -OCH3 is 1. The summed E-state index contributed by atoms with van der Waals surface area (Å²) in [5, 5.41) is 3.51. The number of rotatable bonds is 11. The third-order valence-corrected chi connectivity index (χ3v) is 4.01. The van der Waals surface area contributed by atoms with Gasteiger partial charge in [-0.3, -0.25) is 0 Å². The van der Waals surface area contributed by atoms with Gasteiger partial charge in [-0.15, -0.1) is 0 Å². The largest absolute Gasteiger partial charge is 0.383 e. The first-order chi connectivity index (χ1) is 8.68. The molecule has 0 aliphatic heterocycles. The number of hydrogen-bond acceptors (Lipinski definition) is 3. The van der Waals surface area contributed by atoms with E-state index >= 15 is 0 Å². The van der Waals surface area contributed by atoms with E-state index in [0.717, 1.165) is 38.8 Å². The molecule has 3 nitrogen and oxygen atoms in total. The summed E-state index contributed by atoms with van der Waals surface area (Å²) < 4.78 is 10.8. The molecule has 1 fully saturated rings. The molecular weight excluding hydrogens is 226 g/mol. The highest BCUT2D eigenvalue weighted by molar-refractivity contribution is 4.89. The van der Waals surface area contributed by atoms with Crippen LogP contribution in [0.1, 0.15) is 46.0 Å². The molecule has 0 bridgehead atoms. The SMILES string of the molecule is COCCNCC1(CCOCCC(C)C)CCC1. The van der Waals surface area contributed by atoms with Gasteiger partial charge < -0.3 is 14.8 Å². The molecule has 18 heavy (non-hydrogen) atoms. The first kappa shape index (κ1) is 15.9.